The molecule has 0 N–H and O–H groups in total. The van der Waals surface area contributed by atoms with Crippen LogP contribution in [0.3, 0.4) is 0 Å². The number of benzene rings is 1. The minimum Gasteiger partial charge on any atom is -0.497 e. The van der Waals surface area contributed by atoms with Crippen LogP contribution < -0.4 is 14.2 Å². The van der Waals surface area contributed by atoms with E-state index in [0.29, 0.717) is 42.6 Å². The molecule has 1 fully saturated rings. The molecule has 140 valence electrons. The van der Waals surface area contributed by atoms with Crippen LogP contribution in [-0.2, 0) is 0 Å². The molecule has 1 atom stereocenters. The standard InChI is InChI=1S/C19H19N3O5/c1-24-13-3-4-15-12(7-13)8-16(27-15)19(23)22-6-5-14(11-22)26-18-10-20-9-17(21-18)25-2/h3-4,7-10,14H,5-6,11H2,1-2H3. The number of carbonyl (C=O) groups excluding carboxylic acids is 1. The van der Waals surface area contributed by atoms with Gasteiger partial charge in [-0.1, -0.05) is 0 Å². The molecule has 3 aromatic rings. The van der Waals surface area contributed by atoms with Crippen molar-refractivity contribution in [1.29, 1.82) is 0 Å². The van der Waals surface area contributed by atoms with E-state index in [2.05, 4.69) is 9.97 Å². The van der Waals surface area contributed by atoms with Crippen LogP contribution in [0.4, 0.5) is 0 Å². The summed E-state index contributed by atoms with van der Waals surface area (Å²) in [6.07, 6.45) is 3.59. The molecule has 0 saturated carbocycles. The Bertz CT molecular complexity index is 971. The monoisotopic (exact) mass is 369 g/mol. The van der Waals surface area contributed by atoms with Gasteiger partial charge in [-0.05, 0) is 24.3 Å². The number of ether oxygens (including phenoxy) is 3. The van der Waals surface area contributed by atoms with Gasteiger partial charge in [-0.3, -0.25) is 9.78 Å². The van der Waals surface area contributed by atoms with Gasteiger partial charge >= 0.3 is 0 Å². The summed E-state index contributed by atoms with van der Waals surface area (Å²) in [6, 6.07) is 7.17. The predicted octanol–water partition coefficient (Wildman–Crippen LogP) is 2.53. The Kier molecular flexibility index (Phi) is 4.53. The van der Waals surface area contributed by atoms with Crippen LogP contribution >= 0.6 is 0 Å². The van der Waals surface area contributed by atoms with Gasteiger partial charge in [0, 0.05) is 18.4 Å². The lowest BCUT2D eigenvalue weighted by Crippen LogP contribution is -2.30. The second-order valence-corrected chi connectivity index (χ2v) is 6.19. The van der Waals surface area contributed by atoms with Crippen LogP contribution in [0, 0.1) is 0 Å². The van der Waals surface area contributed by atoms with Crippen molar-refractivity contribution >= 4 is 16.9 Å². The first-order valence-corrected chi connectivity index (χ1v) is 8.56. The Morgan fingerprint density at radius 1 is 1.19 bits per heavy atom. The van der Waals surface area contributed by atoms with Gasteiger partial charge in [0.05, 0.1) is 33.2 Å². The van der Waals surface area contributed by atoms with Crippen LogP contribution in [0.5, 0.6) is 17.5 Å². The number of hydrogen-bond acceptors (Lipinski definition) is 7. The lowest BCUT2D eigenvalue weighted by atomic mass is 10.2. The highest BCUT2D eigenvalue weighted by Crippen LogP contribution is 2.26. The van der Waals surface area contributed by atoms with Crippen molar-refractivity contribution in [1.82, 2.24) is 14.9 Å². The van der Waals surface area contributed by atoms with E-state index in [0.717, 1.165) is 11.1 Å². The molecule has 2 aromatic heterocycles. The van der Waals surface area contributed by atoms with Crippen LogP contribution in [0.25, 0.3) is 11.0 Å². The summed E-state index contributed by atoms with van der Waals surface area (Å²) in [5, 5.41) is 0.830. The van der Waals surface area contributed by atoms with Crippen LogP contribution in [0.15, 0.2) is 41.1 Å². The zero-order valence-electron chi connectivity index (χ0n) is 15.0. The highest BCUT2D eigenvalue weighted by atomic mass is 16.5. The third-order valence-electron chi connectivity index (χ3n) is 4.45. The average molecular weight is 369 g/mol. The lowest BCUT2D eigenvalue weighted by molar-refractivity contribution is 0.0742. The van der Waals surface area contributed by atoms with Crippen LogP contribution in [-0.4, -0.2) is 54.2 Å². The predicted molar refractivity (Wildman–Crippen MR) is 96.3 cm³/mol. The topological polar surface area (TPSA) is 86.9 Å². The Morgan fingerprint density at radius 2 is 2.04 bits per heavy atom. The highest BCUT2D eigenvalue weighted by molar-refractivity contribution is 5.96. The average Bonchev–Trinajstić information content (AvgIpc) is 3.33. The maximum atomic E-state index is 12.8. The number of methoxy groups -OCH3 is 2. The van der Waals surface area contributed by atoms with Crippen molar-refractivity contribution < 1.29 is 23.4 Å². The molecule has 1 unspecified atom stereocenters. The summed E-state index contributed by atoms with van der Waals surface area (Å²) in [4.78, 5) is 22.7. The number of carbonyl (C=O) groups is 1. The van der Waals surface area contributed by atoms with Crippen molar-refractivity contribution in [3.63, 3.8) is 0 Å². The molecular formula is C19H19N3O5. The first kappa shape index (κ1) is 17.1. The summed E-state index contributed by atoms with van der Waals surface area (Å²) < 4.78 is 21.8. The van der Waals surface area contributed by atoms with E-state index in [1.165, 1.54) is 19.5 Å². The Balaban J connectivity index is 1.44. The van der Waals surface area contributed by atoms with E-state index < -0.39 is 0 Å². The van der Waals surface area contributed by atoms with Gasteiger partial charge < -0.3 is 23.5 Å². The van der Waals surface area contributed by atoms with Gasteiger partial charge in [-0.2, -0.15) is 4.98 Å². The number of nitrogens with zero attached hydrogens (tertiary/aromatic N) is 3. The fraction of sp³-hybridized carbons (Fsp3) is 0.316. The zero-order valence-corrected chi connectivity index (χ0v) is 15.0. The number of amides is 1. The van der Waals surface area contributed by atoms with Crippen molar-refractivity contribution in [3.05, 3.63) is 42.4 Å². The molecule has 1 saturated heterocycles. The van der Waals surface area contributed by atoms with Crippen LogP contribution in [0.2, 0.25) is 0 Å². The minimum absolute atomic E-state index is 0.153. The van der Waals surface area contributed by atoms with E-state index in [1.54, 1.807) is 30.2 Å². The second-order valence-electron chi connectivity index (χ2n) is 6.19. The normalized spacial score (nSPS) is 16.5. The molecule has 0 radical (unpaired) electrons. The number of furan rings is 1. The van der Waals surface area contributed by atoms with Gasteiger partial charge in [-0.15, -0.1) is 0 Å². The third kappa shape index (κ3) is 3.51. The van der Waals surface area contributed by atoms with Crippen molar-refractivity contribution in [2.75, 3.05) is 27.3 Å². The van der Waals surface area contributed by atoms with E-state index in [-0.39, 0.29) is 12.0 Å². The molecule has 8 nitrogen and oxygen atoms in total. The summed E-state index contributed by atoms with van der Waals surface area (Å²) in [7, 11) is 3.12. The molecule has 4 rings (SSSR count). The largest absolute Gasteiger partial charge is 0.497 e. The highest BCUT2D eigenvalue weighted by Gasteiger charge is 2.30. The number of aromatic nitrogens is 2. The molecule has 0 aliphatic carbocycles. The van der Waals surface area contributed by atoms with Gasteiger partial charge in [0.15, 0.2) is 5.76 Å². The number of hydrogen-bond donors (Lipinski definition) is 0. The molecule has 1 aromatic carbocycles. The maximum Gasteiger partial charge on any atom is 0.289 e. The number of likely N-dealkylation sites (tertiary alicyclic amines) is 1. The van der Waals surface area contributed by atoms with E-state index in [1.807, 2.05) is 6.07 Å². The molecule has 27 heavy (non-hydrogen) atoms. The number of fused-ring (bicyclic) bond motifs is 1. The summed E-state index contributed by atoms with van der Waals surface area (Å²) in [5.74, 6) is 1.63. The van der Waals surface area contributed by atoms with Gasteiger partial charge in [0.25, 0.3) is 5.91 Å². The Hall–Kier alpha value is -3.29. The first-order chi connectivity index (χ1) is 13.2. The van der Waals surface area contributed by atoms with E-state index in [4.69, 9.17) is 18.6 Å². The molecule has 3 heterocycles. The maximum absolute atomic E-state index is 12.8. The molecule has 1 aliphatic rings. The van der Waals surface area contributed by atoms with Crippen molar-refractivity contribution in [2.24, 2.45) is 0 Å². The fourth-order valence-electron chi connectivity index (χ4n) is 3.08. The van der Waals surface area contributed by atoms with Crippen molar-refractivity contribution in [3.8, 4) is 17.5 Å². The smallest absolute Gasteiger partial charge is 0.289 e. The molecule has 0 bridgehead atoms. The number of rotatable bonds is 5. The van der Waals surface area contributed by atoms with Gasteiger partial charge in [0.1, 0.15) is 17.4 Å². The van der Waals surface area contributed by atoms with Gasteiger partial charge in [0.2, 0.25) is 11.8 Å². The quantitative estimate of drug-likeness (QED) is 0.683. The van der Waals surface area contributed by atoms with E-state index >= 15 is 0 Å². The fourth-order valence-corrected chi connectivity index (χ4v) is 3.08. The van der Waals surface area contributed by atoms with Crippen molar-refractivity contribution in [2.45, 2.75) is 12.5 Å². The molecular weight excluding hydrogens is 350 g/mol. The molecule has 0 spiro atoms. The second kappa shape index (κ2) is 7.14. The molecule has 1 aliphatic heterocycles. The SMILES string of the molecule is COc1ccc2oc(C(=O)N3CCC(Oc4cncc(OC)n4)C3)cc2c1. The first-order valence-electron chi connectivity index (χ1n) is 8.56. The summed E-state index contributed by atoms with van der Waals surface area (Å²) in [5.41, 5.74) is 0.651. The lowest BCUT2D eigenvalue weighted by Gasteiger charge is -2.15. The Morgan fingerprint density at radius 3 is 2.85 bits per heavy atom. The minimum atomic E-state index is -0.159. The summed E-state index contributed by atoms with van der Waals surface area (Å²) >= 11 is 0. The van der Waals surface area contributed by atoms with Crippen LogP contribution in [0.1, 0.15) is 17.0 Å². The zero-order chi connectivity index (χ0) is 18.8. The molecule has 8 heteroatoms. The van der Waals surface area contributed by atoms with Gasteiger partial charge in [-0.25, -0.2) is 0 Å². The molecule has 1 amide bonds. The summed E-state index contributed by atoms with van der Waals surface area (Å²) in [6.45, 7) is 1.04. The third-order valence-corrected chi connectivity index (χ3v) is 4.45. The van der Waals surface area contributed by atoms with E-state index in [9.17, 15) is 4.79 Å². The Labute approximate surface area is 155 Å².